The van der Waals surface area contributed by atoms with Crippen LogP contribution in [0, 0.1) is 5.41 Å². The summed E-state index contributed by atoms with van der Waals surface area (Å²) in [5, 5.41) is 40.7. The molecule has 0 saturated heterocycles. The van der Waals surface area contributed by atoms with E-state index in [2.05, 4.69) is 66.7 Å². The summed E-state index contributed by atoms with van der Waals surface area (Å²) in [5.74, 6) is 0.107. The van der Waals surface area contributed by atoms with Crippen LogP contribution in [0.15, 0.2) is 59.4 Å². The summed E-state index contributed by atoms with van der Waals surface area (Å²) in [6, 6.07) is 17.8. The Morgan fingerprint density at radius 3 is 1.77 bits per heavy atom. The molecule has 0 atom stereocenters. The number of benzene rings is 3. The molecule has 3 aromatic carbocycles. The van der Waals surface area contributed by atoms with E-state index in [0.717, 1.165) is 23.1 Å². The molecule has 0 radical (unpaired) electrons. The van der Waals surface area contributed by atoms with Gasteiger partial charge in [-0.3, -0.25) is 9.13 Å². The smallest absolute Gasteiger partial charge is 0.329 e. The third-order valence-electron chi connectivity index (χ3n) is 8.40. The van der Waals surface area contributed by atoms with Crippen LogP contribution in [0.25, 0.3) is 27.8 Å². The lowest BCUT2D eigenvalue weighted by Gasteiger charge is -2.35. The molecule has 228 valence electrons. The van der Waals surface area contributed by atoms with Gasteiger partial charge in [-0.1, -0.05) is 84.9 Å². The molecule has 2 aromatic heterocycles. The van der Waals surface area contributed by atoms with Crippen LogP contribution in [0.1, 0.15) is 71.6 Å². The van der Waals surface area contributed by atoms with Gasteiger partial charge < -0.3 is 15.3 Å². The Morgan fingerprint density at radius 2 is 1.28 bits per heavy atom. The highest BCUT2D eigenvalue weighted by molar-refractivity contribution is 5.91. The van der Waals surface area contributed by atoms with E-state index in [1.165, 1.54) is 13.9 Å². The van der Waals surface area contributed by atoms with E-state index >= 15 is 0 Å². The number of nitrogens with zero attached hydrogens (tertiary/aromatic N) is 5. The summed E-state index contributed by atoms with van der Waals surface area (Å²) in [6.45, 7) is 15.2. The Morgan fingerprint density at radius 1 is 0.744 bits per heavy atom. The minimum atomic E-state index is -0.516. The second-order valence-corrected chi connectivity index (χ2v) is 13.9. The Bertz CT molecular complexity index is 1770. The number of phenols is 1. The van der Waals surface area contributed by atoms with E-state index in [0.29, 0.717) is 27.8 Å². The highest BCUT2D eigenvalue weighted by Gasteiger charge is 2.34. The summed E-state index contributed by atoms with van der Waals surface area (Å²) >= 11 is 0. The van der Waals surface area contributed by atoms with Crippen LogP contribution in [0.5, 0.6) is 5.75 Å². The molecular formula is C34H43N5O4. The van der Waals surface area contributed by atoms with E-state index in [4.69, 9.17) is 10.2 Å². The fourth-order valence-electron chi connectivity index (χ4n) is 6.54. The third kappa shape index (κ3) is 5.59. The molecular weight excluding hydrogens is 542 g/mol. The molecule has 0 aliphatic carbocycles. The SMILES string of the molecule is CC(C)(C)CC(C)(C)c1cc(-n2nc3cc4c(cc3n2)n(CCO)c(=O)n4CCO)c(O)c(C(C)(C)c2ccccc2)c1. The Kier molecular flexibility index (Phi) is 7.77. The van der Waals surface area contributed by atoms with Gasteiger partial charge in [0.15, 0.2) is 0 Å². The van der Waals surface area contributed by atoms with Crippen molar-refractivity contribution >= 4 is 22.1 Å². The lowest BCUT2D eigenvalue weighted by molar-refractivity contribution is 0.268. The minimum Gasteiger partial charge on any atom is -0.505 e. The molecule has 5 rings (SSSR count). The molecule has 0 aliphatic rings. The molecule has 2 heterocycles. The summed E-state index contributed by atoms with van der Waals surface area (Å²) in [6.07, 6.45) is 0.923. The maximum atomic E-state index is 13.0. The lowest BCUT2D eigenvalue weighted by Crippen LogP contribution is -2.27. The van der Waals surface area contributed by atoms with Crippen molar-refractivity contribution < 1.29 is 15.3 Å². The number of aliphatic hydroxyl groups excluding tert-OH is 2. The standard InChI is InChI=1S/C34H43N5O4/c1-32(2,3)21-33(4,5)23-17-24(34(6,7)22-11-9-8-10-12-22)30(42)29(18-23)39-35-25-19-27-28(20-26(25)36-39)38(14-16-41)31(43)37(27)13-15-40/h8-12,17-20,40-42H,13-16,21H2,1-7H3. The van der Waals surface area contributed by atoms with Crippen LogP contribution < -0.4 is 5.69 Å². The van der Waals surface area contributed by atoms with Crippen molar-refractivity contribution in [3.63, 3.8) is 0 Å². The number of fused-ring (bicyclic) bond motifs is 2. The Hall–Kier alpha value is -3.95. The molecule has 9 heteroatoms. The van der Waals surface area contributed by atoms with Gasteiger partial charge in [0.05, 0.1) is 37.3 Å². The van der Waals surface area contributed by atoms with Crippen molar-refractivity contribution in [3.8, 4) is 11.4 Å². The number of rotatable bonds is 9. The van der Waals surface area contributed by atoms with Gasteiger partial charge in [-0.05, 0) is 46.6 Å². The highest BCUT2D eigenvalue weighted by atomic mass is 16.3. The molecule has 0 unspecified atom stereocenters. The minimum absolute atomic E-state index is 0.0776. The Balaban J connectivity index is 1.76. The van der Waals surface area contributed by atoms with Crippen LogP contribution in [0.4, 0.5) is 0 Å². The van der Waals surface area contributed by atoms with Crippen molar-refractivity contribution in [1.82, 2.24) is 24.1 Å². The number of phenolic OH excluding ortho intramolecular Hbond substituents is 1. The van der Waals surface area contributed by atoms with Gasteiger partial charge in [-0.15, -0.1) is 15.0 Å². The van der Waals surface area contributed by atoms with E-state index < -0.39 is 5.41 Å². The van der Waals surface area contributed by atoms with Gasteiger partial charge >= 0.3 is 5.69 Å². The highest BCUT2D eigenvalue weighted by Crippen LogP contribution is 2.44. The zero-order chi connectivity index (χ0) is 31.3. The molecule has 0 bridgehead atoms. The van der Waals surface area contributed by atoms with Crippen LogP contribution >= 0.6 is 0 Å². The molecule has 43 heavy (non-hydrogen) atoms. The Labute approximate surface area is 252 Å². The van der Waals surface area contributed by atoms with Gasteiger partial charge in [0.2, 0.25) is 0 Å². The zero-order valence-electron chi connectivity index (χ0n) is 26.2. The number of hydrogen-bond donors (Lipinski definition) is 3. The predicted octanol–water partition coefficient (Wildman–Crippen LogP) is 5.27. The van der Waals surface area contributed by atoms with Crippen LogP contribution in [0.2, 0.25) is 0 Å². The first-order chi connectivity index (χ1) is 20.2. The average Bonchev–Trinajstić information content (AvgIpc) is 3.45. The van der Waals surface area contributed by atoms with Crippen molar-refractivity contribution in [2.75, 3.05) is 13.2 Å². The maximum Gasteiger partial charge on any atom is 0.329 e. The third-order valence-corrected chi connectivity index (χ3v) is 8.40. The largest absolute Gasteiger partial charge is 0.505 e. The first-order valence-corrected chi connectivity index (χ1v) is 14.8. The molecule has 3 N–H and O–H groups in total. The summed E-state index contributed by atoms with van der Waals surface area (Å²) in [5.41, 5.74) is 4.74. The van der Waals surface area contributed by atoms with Crippen molar-refractivity contribution in [3.05, 3.63) is 81.8 Å². The van der Waals surface area contributed by atoms with E-state index in [1.807, 2.05) is 24.3 Å². The molecule has 5 aromatic rings. The summed E-state index contributed by atoms with van der Waals surface area (Å²) in [7, 11) is 0. The number of aliphatic hydroxyl groups is 2. The molecule has 0 aliphatic heterocycles. The number of aromatic nitrogens is 5. The predicted molar refractivity (Wildman–Crippen MR) is 170 cm³/mol. The van der Waals surface area contributed by atoms with Gasteiger partial charge in [-0.2, -0.15) is 0 Å². The van der Waals surface area contributed by atoms with Crippen LogP contribution in [-0.4, -0.2) is 52.7 Å². The van der Waals surface area contributed by atoms with Crippen molar-refractivity contribution in [2.45, 2.75) is 78.8 Å². The van der Waals surface area contributed by atoms with Gasteiger partial charge in [0.25, 0.3) is 0 Å². The zero-order valence-corrected chi connectivity index (χ0v) is 26.2. The normalized spacial score (nSPS) is 13.0. The first-order valence-electron chi connectivity index (χ1n) is 14.8. The number of imidazole rings is 1. The summed E-state index contributed by atoms with van der Waals surface area (Å²) in [4.78, 5) is 14.5. The summed E-state index contributed by atoms with van der Waals surface area (Å²) < 4.78 is 2.97. The molecule has 0 saturated carbocycles. The van der Waals surface area contributed by atoms with E-state index in [-0.39, 0.29) is 48.6 Å². The van der Waals surface area contributed by atoms with Gasteiger partial charge in [0, 0.05) is 11.0 Å². The van der Waals surface area contributed by atoms with Crippen LogP contribution in [-0.2, 0) is 23.9 Å². The fraction of sp³-hybridized carbons (Fsp3) is 0.441. The van der Waals surface area contributed by atoms with Gasteiger partial charge in [0.1, 0.15) is 22.5 Å². The van der Waals surface area contributed by atoms with Crippen molar-refractivity contribution in [2.24, 2.45) is 5.41 Å². The van der Waals surface area contributed by atoms with Crippen LogP contribution in [0.3, 0.4) is 0 Å². The maximum absolute atomic E-state index is 13.0. The monoisotopic (exact) mass is 585 g/mol. The average molecular weight is 586 g/mol. The second kappa shape index (κ2) is 11.0. The molecule has 0 fully saturated rings. The number of aromatic hydroxyl groups is 1. The van der Waals surface area contributed by atoms with Crippen molar-refractivity contribution in [1.29, 1.82) is 0 Å². The molecule has 9 nitrogen and oxygen atoms in total. The first kappa shape index (κ1) is 30.5. The second-order valence-electron chi connectivity index (χ2n) is 13.9. The number of hydrogen-bond acceptors (Lipinski definition) is 6. The lowest BCUT2D eigenvalue weighted by atomic mass is 9.70. The van der Waals surface area contributed by atoms with E-state index in [9.17, 15) is 20.1 Å². The van der Waals surface area contributed by atoms with E-state index in [1.54, 1.807) is 12.1 Å². The van der Waals surface area contributed by atoms with Gasteiger partial charge in [-0.25, -0.2) is 4.79 Å². The molecule has 0 spiro atoms. The molecule has 0 amide bonds. The quantitative estimate of drug-likeness (QED) is 0.217. The fourth-order valence-corrected chi connectivity index (χ4v) is 6.54. The topological polar surface area (TPSA) is 118 Å².